The van der Waals surface area contributed by atoms with E-state index in [1.807, 2.05) is 6.07 Å². The largest absolute Gasteiger partial charge is 0.477 e. The van der Waals surface area contributed by atoms with Crippen molar-refractivity contribution < 1.29 is 9.90 Å². The van der Waals surface area contributed by atoms with Crippen molar-refractivity contribution in [3.05, 3.63) is 88.0 Å². The molecular formula is C23H22ClN5O3. The molecule has 0 amide bonds. The Kier molecular flexibility index (Phi) is 6.75. The number of hydrogen-bond acceptors (Lipinski definition) is 6. The summed E-state index contributed by atoms with van der Waals surface area (Å²) in [5.74, 6) is -1.22. The highest BCUT2D eigenvalue weighted by atomic mass is 35.5. The van der Waals surface area contributed by atoms with Crippen LogP contribution >= 0.6 is 11.6 Å². The van der Waals surface area contributed by atoms with Gasteiger partial charge in [0.05, 0.1) is 16.5 Å². The lowest BCUT2D eigenvalue weighted by Crippen LogP contribution is -2.26. The average Bonchev–Trinajstić information content (AvgIpc) is 2.73. The van der Waals surface area contributed by atoms with Crippen LogP contribution in [-0.4, -0.2) is 25.6 Å². The number of aromatic carboxylic acids is 1. The van der Waals surface area contributed by atoms with Crippen LogP contribution in [0.2, 0.25) is 5.02 Å². The van der Waals surface area contributed by atoms with E-state index in [1.165, 1.54) is 4.57 Å². The van der Waals surface area contributed by atoms with E-state index in [-0.39, 0.29) is 22.9 Å². The number of anilines is 2. The van der Waals surface area contributed by atoms with E-state index in [4.69, 9.17) is 17.3 Å². The SMILES string of the molecule is C=CC=CC=C(C)n1c(C(C)Nc2nc(N)ncc2C(=O)O)cc2cccc(Cl)c2c1=O. The van der Waals surface area contributed by atoms with Crippen LogP contribution in [0, 0.1) is 0 Å². The molecule has 9 heteroatoms. The zero-order chi connectivity index (χ0) is 23.4. The molecular weight excluding hydrogens is 430 g/mol. The maximum atomic E-state index is 13.5. The minimum absolute atomic E-state index is 0.0517. The highest BCUT2D eigenvalue weighted by molar-refractivity contribution is 6.35. The third-order valence-electron chi connectivity index (χ3n) is 4.80. The molecule has 32 heavy (non-hydrogen) atoms. The molecule has 4 N–H and O–H groups in total. The summed E-state index contributed by atoms with van der Waals surface area (Å²) in [6, 6.07) is 6.53. The molecule has 1 atom stereocenters. The van der Waals surface area contributed by atoms with Gasteiger partial charge in [-0.15, -0.1) is 0 Å². The number of halogens is 1. The third kappa shape index (κ3) is 4.55. The van der Waals surface area contributed by atoms with Crippen LogP contribution < -0.4 is 16.6 Å². The second-order valence-electron chi connectivity index (χ2n) is 7.00. The number of rotatable bonds is 7. The van der Waals surface area contributed by atoms with E-state index in [1.54, 1.807) is 56.4 Å². The van der Waals surface area contributed by atoms with Gasteiger partial charge in [-0.25, -0.2) is 9.78 Å². The third-order valence-corrected chi connectivity index (χ3v) is 5.11. The number of nitrogens with two attached hydrogens (primary N) is 1. The minimum atomic E-state index is -1.20. The maximum absolute atomic E-state index is 13.5. The summed E-state index contributed by atoms with van der Waals surface area (Å²) in [4.78, 5) is 32.8. The van der Waals surface area contributed by atoms with Crippen LogP contribution in [-0.2, 0) is 0 Å². The fourth-order valence-electron chi connectivity index (χ4n) is 3.31. The number of nitrogens with one attached hydrogen (secondary N) is 1. The van der Waals surface area contributed by atoms with Gasteiger partial charge in [-0.05, 0) is 37.4 Å². The highest BCUT2D eigenvalue weighted by Gasteiger charge is 2.20. The number of allylic oxidation sites excluding steroid dienone is 5. The molecule has 0 aliphatic rings. The Bertz CT molecular complexity index is 1330. The van der Waals surface area contributed by atoms with E-state index in [0.717, 1.165) is 6.20 Å². The molecule has 3 aromatic rings. The number of hydrogen-bond donors (Lipinski definition) is 3. The van der Waals surface area contributed by atoms with Gasteiger partial charge in [0.2, 0.25) is 5.95 Å². The van der Waals surface area contributed by atoms with Gasteiger partial charge in [-0.2, -0.15) is 4.98 Å². The van der Waals surface area contributed by atoms with Gasteiger partial charge < -0.3 is 16.2 Å². The van der Waals surface area contributed by atoms with E-state index < -0.39 is 12.0 Å². The van der Waals surface area contributed by atoms with Crippen molar-refractivity contribution in [1.29, 1.82) is 0 Å². The summed E-state index contributed by atoms with van der Waals surface area (Å²) in [6.07, 6.45) is 8.04. The molecule has 1 unspecified atom stereocenters. The number of fused-ring (bicyclic) bond motifs is 1. The Morgan fingerprint density at radius 1 is 1.38 bits per heavy atom. The first-order valence-electron chi connectivity index (χ1n) is 9.67. The molecule has 2 aromatic heterocycles. The van der Waals surface area contributed by atoms with Crippen molar-refractivity contribution in [3.8, 4) is 0 Å². The first-order chi connectivity index (χ1) is 15.2. The van der Waals surface area contributed by atoms with Crippen LogP contribution in [0.15, 0.2) is 66.1 Å². The standard InChI is InChI=1S/C23H22ClN5O3/c1-4-5-6-8-13(2)29-18(11-15-9-7-10-17(24)19(15)21(29)30)14(3)27-20-16(22(31)32)12-26-23(25)28-20/h4-12,14H,1H2,2-3H3,(H,31,32)(H3,25,26,27,28). The van der Waals surface area contributed by atoms with Crippen LogP contribution in [0.4, 0.5) is 11.8 Å². The monoisotopic (exact) mass is 451 g/mol. The lowest BCUT2D eigenvalue weighted by Gasteiger charge is -2.22. The molecule has 0 bridgehead atoms. The van der Waals surface area contributed by atoms with Gasteiger partial charge in [0.1, 0.15) is 11.4 Å². The van der Waals surface area contributed by atoms with Crippen molar-refractivity contribution >= 4 is 45.8 Å². The Balaban J connectivity index is 2.22. The smallest absolute Gasteiger partial charge is 0.341 e. The number of pyridine rings is 1. The molecule has 0 radical (unpaired) electrons. The molecule has 1 aromatic carbocycles. The molecule has 0 fully saturated rings. The van der Waals surface area contributed by atoms with Gasteiger partial charge in [-0.1, -0.05) is 48.5 Å². The topological polar surface area (TPSA) is 123 Å². The number of carboxylic acid groups (broad SMARTS) is 1. The van der Waals surface area contributed by atoms with Crippen molar-refractivity contribution in [2.24, 2.45) is 0 Å². The molecule has 0 aliphatic heterocycles. The first kappa shape index (κ1) is 22.8. The van der Waals surface area contributed by atoms with Crippen LogP contribution in [0.25, 0.3) is 16.5 Å². The average molecular weight is 452 g/mol. The number of carbonyl (C=O) groups is 1. The van der Waals surface area contributed by atoms with Gasteiger partial charge in [-0.3, -0.25) is 9.36 Å². The number of nitrogens with zero attached hydrogens (tertiary/aromatic N) is 3. The second-order valence-corrected chi connectivity index (χ2v) is 7.41. The quantitative estimate of drug-likeness (QED) is 0.452. The minimum Gasteiger partial charge on any atom is -0.477 e. The summed E-state index contributed by atoms with van der Waals surface area (Å²) in [5.41, 5.74) is 6.45. The summed E-state index contributed by atoms with van der Waals surface area (Å²) in [5, 5.41) is 13.9. The normalized spacial score (nSPS) is 12.8. The second kappa shape index (κ2) is 9.49. The molecule has 0 spiro atoms. The zero-order valence-corrected chi connectivity index (χ0v) is 18.3. The van der Waals surface area contributed by atoms with Crippen molar-refractivity contribution in [2.45, 2.75) is 19.9 Å². The van der Waals surface area contributed by atoms with E-state index in [0.29, 0.717) is 27.2 Å². The molecule has 164 valence electrons. The molecule has 2 heterocycles. The van der Waals surface area contributed by atoms with Gasteiger partial charge >= 0.3 is 5.97 Å². The van der Waals surface area contributed by atoms with Crippen molar-refractivity contribution in [1.82, 2.24) is 14.5 Å². The number of carboxylic acids is 1. The van der Waals surface area contributed by atoms with Gasteiger partial charge in [0.25, 0.3) is 5.56 Å². The van der Waals surface area contributed by atoms with Crippen molar-refractivity contribution in [3.63, 3.8) is 0 Å². The first-order valence-corrected chi connectivity index (χ1v) is 10.0. The Morgan fingerprint density at radius 2 is 2.12 bits per heavy atom. The molecule has 0 aliphatic carbocycles. The number of aromatic nitrogens is 3. The zero-order valence-electron chi connectivity index (χ0n) is 17.5. The molecule has 0 saturated heterocycles. The summed E-state index contributed by atoms with van der Waals surface area (Å²) in [7, 11) is 0. The van der Waals surface area contributed by atoms with Crippen molar-refractivity contribution in [2.75, 3.05) is 11.1 Å². The number of nitrogen functional groups attached to an aromatic ring is 1. The van der Waals surface area contributed by atoms with E-state index in [9.17, 15) is 14.7 Å². The van der Waals surface area contributed by atoms with Crippen LogP contribution in [0.3, 0.4) is 0 Å². The highest BCUT2D eigenvalue weighted by Crippen LogP contribution is 2.27. The van der Waals surface area contributed by atoms with E-state index in [2.05, 4.69) is 21.9 Å². The fraction of sp³-hybridized carbons (Fsp3) is 0.130. The van der Waals surface area contributed by atoms with Gasteiger partial charge in [0.15, 0.2) is 0 Å². The predicted molar refractivity (Wildman–Crippen MR) is 128 cm³/mol. The maximum Gasteiger partial charge on any atom is 0.341 e. The molecule has 0 saturated carbocycles. The lowest BCUT2D eigenvalue weighted by molar-refractivity contribution is 0.0697. The Labute approximate surface area is 189 Å². The fourth-order valence-corrected chi connectivity index (χ4v) is 3.57. The lowest BCUT2D eigenvalue weighted by atomic mass is 10.1. The number of benzene rings is 1. The Hall–Kier alpha value is -3.91. The predicted octanol–water partition coefficient (Wildman–Crippen LogP) is 4.50. The Morgan fingerprint density at radius 3 is 2.81 bits per heavy atom. The molecule has 8 nitrogen and oxygen atoms in total. The summed E-state index contributed by atoms with van der Waals surface area (Å²) >= 11 is 6.33. The van der Waals surface area contributed by atoms with E-state index >= 15 is 0 Å². The van der Waals surface area contributed by atoms with Gasteiger partial charge in [0, 0.05) is 17.6 Å². The molecule has 3 rings (SSSR count). The summed E-state index contributed by atoms with van der Waals surface area (Å²) in [6.45, 7) is 7.22. The summed E-state index contributed by atoms with van der Waals surface area (Å²) < 4.78 is 1.53. The van der Waals surface area contributed by atoms with Crippen LogP contribution in [0.5, 0.6) is 0 Å². The van der Waals surface area contributed by atoms with Crippen LogP contribution in [0.1, 0.15) is 35.9 Å².